The van der Waals surface area contributed by atoms with Crippen LogP contribution in [0.3, 0.4) is 0 Å². The molecule has 2 aromatic rings. The number of nitrogens with zero attached hydrogens (tertiary/aromatic N) is 1. The maximum Gasteiger partial charge on any atom is 0.408 e. The molecule has 7 heteroatoms. The number of ether oxygens (including phenoxy) is 1. The number of carbonyl (C=O) groups is 3. The molecule has 0 fully saturated rings. The summed E-state index contributed by atoms with van der Waals surface area (Å²) >= 11 is 0. The average Bonchev–Trinajstić information content (AvgIpc) is 2.90. The molecule has 0 radical (unpaired) electrons. The van der Waals surface area contributed by atoms with Gasteiger partial charge in [0.25, 0.3) is 0 Å². The van der Waals surface area contributed by atoms with Crippen LogP contribution < -0.4 is 10.6 Å². The quantitative estimate of drug-likeness (QED) is 0.219. The molecule has 0 aliphatic rings. The lowest BCUT2D eigenvalue weighted by atomic mass is 9.96. The maximum absolute atomic E-state index is 14.5. The standard InChI is InChI=1S/C35H53N3O4/c1-9-10-11-12-13-17-22-38(31(32(39)36-25(2)3)29-21-20-26(4)27(5)23-29)33(40)30(24-28-18-15-14-16-19-28)37-34(41)42-35(6,7)8/h14-16,18-21,23,25,30-31H,9-13,17,22,24H2,1-8H3,(H,36,39)(H,37,41). The van der Waals surface area contributed by atoms with Crippen molar-refractivity contribution in [2.75, 3.05) is 6.54 Å². The van der Waals surface area contributed by atoms with Gasteiger partial charge in [-0.2, -0.15) is 0 Å². The van der Waals surface area contributed by atoms with Gasteiger partial charge in [-0.3, -0.25) is 9.59 Å². The van der Waals surface area contributed by atoms with E-state index in [4.69, 9.17) is 4.74 Å². The minimum absolute atomic E-state index is 0.0995. The Bertz CT molecular complexity index is 1140. The number of nitrogens with one attached hydrogen (secondary N) is 2. The average molecular weight is 580 g/mol. The van der Waals surface area contributed by atoms with Crippen molar-refractivity contribution in [3.63, 3.8) is 0 Å². The summed E-state index contributed by atoms with van der Waals surface area (Å²) in [4.78, 5) is 43.0. The summed E-state index contributed by atoms with van der Waals surface area (Å²) in [6.07, 6.45) is 5.90. The van der Waals surface area contributed by atoms with Gasteiger partial charge in [0.2, 0.25) is 11.8 Å². The van der Waals surface area contributed by atoms with Crippen LogP contribution in [0.2, 0.25) is 0 Å². The Morgan fingerprint density at radius 1 is 0.857 bits per heavy atom. The summed E-state index contributed by atoms with van der Waals surface area (Å²) in [7, 11) is 0. The fourth-order valence-corrected chi connectivity index (χ4v) is 4.90. The molecule has 7 nitrogen and oxygen atoms in total. The molecular formula is C35H53N3O4. The number of rotatable bonds is 15. The van der Waals surface area contributed by atoms with E-state index >= 15 is 0 Å². The third-order valence-corrected chi connectivity index (χ3v) is 7.15. The van der Waals surface area contributed by atoms with E-state index in [0.29, 0.717) is 6.54 Å². The van der Waals surface area contributed by atoms with E-state index in [1.807, 2.05) is 76.2 Å². The molecule has 0 saturated carbocycles. The smallest absolute Gasteiger partial charge is 0.408 e. The van der Waals surface area contributed by atoms with Crippen molar-refractivity contribution in [2.45, 2.75) is 124 Å². The fraction of sp³-hybridized carbons (Fsp3) is 0.571. The number of alkyl carbamates (subject to hydrolysis) is 1. The Kier molecular flexibility index (Phi) is 14.1. The van der Waals surface area contributed by atoms with Gasteiger partial charge in [0, 0.05) is 19.0 Å². The predicted octanol–water partition coefficient (Wildman–Crippen LogP) is 7.19. The summed E-state index contributed by atoms with van der Waals surface area (Å²) in [6.45, 7) is 15.8. The maximum atomic E-state index is 14.5. The monoisotopic (exact) mass is 579 g/mol. The number of hydrogen-bond donors (Lipinski definition) is 2. The van der Waals surface area contributed by atoms with E-state index in [-0.39, 0.29) is 24.3 Å². The summed E-state index contributed by atoms with van der Waals surface area (Å²) in [5, 5.41) is 5.89. The summed E-state index contributed by atoms with van der Waals surface area (Å²) in [5.41, 5.74) is 3.10. The van der Waals surface area contributed by atoms with Gasteiger partial charge in [0.05, 0.1) is 0 Å². The van der Waals surface area contributed by atoms with Gasteiger partial charge < -0.3 is 20.3 Å². The summed E-state index contributed by atoms with van der Waals surface area (Å²) in [5.74, 6) is -0.538. The first-order valence-corrected chi connectivity index (χ1v) is 15.5. The van der Waals surface area contributed by atoms with Crippen LogP contribution in [0, 0.1) is 13.8 Å². The second kappa shape index (κ2) is 16.9. The molecule has 2 N–H and O–H groups in total. The number of aryl methyl sites for hydroxylation is 2. The van der Waals surface area contributed by atoms with E-state index < -0.39 is 23.8 Å². The van der Waals surface area contributed by atoms with Crippen molar-refractivity contribution >= 4 is 17.9 Å². The predicted molar refractivity (Wildman–Crippen MR) is 170 cm³/mol. The number of amides is 3. The fourth-order valence-electron chi connectivity index (χ4n) is 4.90. The highest BCUT2D eigenvalue weighted by molar-refractivity contribution is 5.92. The Hall–Kier alpha value is -3.35. The van der Waals surface area contributed by atoms with Crippen LogP contribution in [0.15, 0.2) is 48.5 Å². The molecule has 0 heterocycles. The Balaban J connectivity index is 2.54. The number of carbonyl (C=O) groups excluding carboxylic acids is 3. The Morgan fingerprint density at radius 2 is 1.50 bits per heavy atom. The molecule has 0 spiro atoms. The van der Waals surface area contributed by atoms with Crippen molar-refractivity contribution in [1.82, 2.24) is 15.5 Å². The van der Waals surface area contributed by atoms with Crippen LogP contribution in [0.4, 0.5) is 4.79 Å². The molecule has 2 unspecified atom stereocenters. The molecule has 232 valence electrons. The zero-order valence-corrected chi connectivity index (χ0v) is 27.1. The summed E-state index contributed by atoms with van der Waals surface area (Å²) < 4.78 is 5.55. The molecule has 0 aromatic heterocycles. The van der Waals surface area contributed by atoms with Crippen molar-refractivity contribution in [1.29, 1.82) is 0 Å². The lowest BCUT2D eigenvalue weighted by molar-refractivity contribution is -0.142. The van der Waals surface area contributed by atoms with Gasteiger partial charge in [-0.15, -0.1) is 0 Å². The number of unbranched alkanes of at least 4 members (excludes halogenated alkanes) is 5. The second-order valence-electron chi connectivity index (χ2n) is 12.6. The Morgan fingerprint density at radius 3 is 2.10 bits per heavy atom. The first kappa shape index (κ1) is 34.8. The minimum Gasteiger partial charge on any atom is -0.444 e. The van der Waals surface area contributed by atoms with E-state index in [1.54, 1.807) is 25.7 Å². The van der Waals surface area contributed by atoms with E-state index in [9.17, 15) is 14.4 Å². The van der Waals surface area contributed by atoms with Crippen molar-refractivity contribution in [3.8, 4) is 0 Å². The molecule has 42 heavy (non-hydrogen) atoms. The van der Waals surface area contributed by atoms with Gasteiger partial charge in [0.15, 0.2) is 0 Å². The molecule has 0 aliphatic carbocycles. The minimum atomic E-state index is -0.914. The van der Waals surface area contributed by atoms with Crippen LogP contribution in [0.1, 0.15) is 108 Å². The summed E-state index contributed by atoms with van der Waals surface area (Å²) in [6, 6.07) is 13.7. The van der Waals surface area contributed by atoms with E-state index in [0.717, 1.165) is 54.4 Å². The first-order valence-electron chi connectivity index (χ1n) is 15.5. The van der Waals surface area contributed by atoms with Crippen molar-refractivity contribution < 1.29 is 19.1 Å². The zero-order valence-electron chi connectivity index (χ0n) is 27.1. The van der Waals surface area contributed by atoms with Crippen LogP contribution in [-0.4, -0.2) is 47.0 Å². The third kappa shape index (κ3) is 11.9. The van der Waals surface area contributed by atoms with Crippen LogP contribution in [0.5, 0.6) is 0 Å². The highest BCUT2D eigenvalue weighted by atomic mass is 16.6. The SMILES string of the molecule is CCCCCCCCN(C(=O)C(Cc1ccccc1)NC(=O)OC(C)(C)C)C(C(=O)NC(C)C)c1ccc(C)c(C)c1. The zero-order chi connectivity index (χ0) is 31.3. The lowest BCUT2D eigenvalue weighted by Crippen LogP contribution is -2.54. The highest BCUT2D eigenvalue weighted by Gasteiger charge is 2.36. The van der Waals surface area contributed by atoms with Gasteiger partial charge in [-0.05, 0) is 77.1 Å². The van der Waals surface area contributed by atoms with Gasteiger partial charge in [0.1, 0.15) is 17.7 Å². The molecule has 0 bridgehead atoms. The molecule has 2 aromatic carbocycles. The van der Waals surface area contributed by atoms with Crippen LogP contribution >= 0.6 is 0 Å². The number of benzene rings is 2. The highest BCUT2D eigenvalue weighted by Crippen LogP contribution is 2.26. The molecular weight excluding hydrogens is 526 g/mol. The lowest BCUT2D eigenvalue weighted by Gasteiger charge is -2.35. The van der Waals surface area contributed by atoms with Crippen molar-refractivity contribution in [3.05, 3.63) is 70.8 Å². The van der Waals surface area contributed by atoms with Gasteiger partial charge >= 0.3 is 6.09 Å². The van der Waals surface area contributed by atoms with E-state index in [1.165, 1.54) is 6.42 Å². The van der Waals surface area contributed by atoms with E-state index in [2.05, 4.69) is 17.6 Å². The molecule has 0 aliphatic heterocycles. The van der Waals surface area contributed by atoms with Crippen LogP contribution in [-0.2, 0) is 20.7 Å². The first-order chi connectivity index (χ1) is 19.8. The van der Waals surface area contributed by atoms with Crippen LogP contribution in [0.25, 0.3) is 0 Å². The Labute approximate surface area is 253 Å². The second-order valence-corrected chi connectivity index (χ2v) is 12.6. The number of hydrogen-bond acceptors (Lipinski definition) is 4. The molecule has 2 rings (SSSR count). The molecule has 0 saturated heterocycles. The van der Waals surface area contributed by atoms with Gasteiger partial charge in [-0.1, -0.05) is 87.6 Å². The topological polar surface area (TPSA) is 87.7 Å². The molecule has 3 amide bonds. The van der Waals surface area contributed by atoms with Crippen molar-refractivity contribution in [2.24, 2.45) is 0 Å². The largest absolute Gasteiger partial charge is 0.444 e. The normalized spacial score (nSPS) is 12.9. The molecule has 2 atom stereocenters. The third-order valence-electron chi connectivity index (χ3n) is 7.15. The van der Waals surface area contributed by atoms with Gasteiger partial charge in [-0.25, -0.2) is 4.79 Å².